The second-order valence-corrected chi connectivity index (χ2v) is 5.90. The molecule has 0 aliphatic carbocycles. The van der Waals surface area contributed by atoms with Crippen molar-refractivity contribution in [3.63, 3.8) is 0 Å². The van der Waals surface area contributed by atoms with Gasteiger partial charge in [-0.25, -0.2) is 9.67 Å². The van der Waals surface area contributed by atoms with Gasteiger partial charge < -0.3 is 9.88 Å². The summed E-state index contributed by atoms with van der Waals surface area (Å²) >= 11 is 0. The van der Waals surface area contributed by atoms with Gasteiger partial charge in [-0.15, -0.1) is 0 Å². The van der Waals surface area contributed by atoms with Crippen LogP contribution in [0.4, 0.5) is 0 Å². The van der Waals surface area contributed by atoms with Crippen molar-refractivity contribution in [2.24, 2.45) is 7.05 Å². The van der Waals surface area contributed by atoms with E-state index >= 15 is 0 Å². The molecule has 7 nitrogen and oxygen atoms in total. The molecule has 0 aliphatic heterocycles. The van der Waals surface area contributed by atoms with Crippen LogP contribution in [0.3, 0.4) is 0 Å². The van der Waals surface area contributed by atoms with Gasteiger partial charge in [-0.3, -0.25) is 9.59 Å². The monoisotopic (exact) mass is 325 g/mol. The highest BCUT2D eigenvalue weighted by atomic mass is 16.2. The Morgan fingerprint density at radius 3 is 2.71 bits per heavy atom. The van der Waals surface area contributed by atoms with Crippen LogP contribution >= 0.6 is 0 Å². The van der Waals surface area contributed by atoms with E-state index in [1.807, 2.05) is 38.1 Å². The van der Waals surface area contributed by atoms with E-state index in [-0.39, 0.29) is 24.1 Å². The predicted octanol–water partition coefficient (Wildman–Crippen LogP) is 1.32. The van der Waals surface area contributed by atoms with Crippen molar-refractivity contribution < 1.29 is 4.79 Å². The number of aryl methyl sites for hydroxylation is 2. The molecule has 1 atom stereocenters. The first-order chi connectivity index (χ1) is 11.5. The summed E-state index contributed by atoms with van der Waals surface area (Å²) in [6, 6.07) is 7.81. The zero-order chi connectivity index (χ0) is 17.3. The van der Waals surface area contributed by atoms with Crippen LogP contribution in [-0.2, 0) is 18.4 Å². The SMILES string of the molecule is Cc1ccc([C@H](C)NC(=O)Cn2ncc3ncn(C)c3c2=O)cc1. The first kappa shape index (κ1) is 15.9. The fourth-order valence-corrected chi connectivity index (χ4v) is 2.58. The molecule has 1 N–H and O–H groups in total. The Morgan fingerprint density at radius 2 is 2.00 bits per heavy atom. The van der Waals surface area contributed by atoms with E-state index in [0.29, 0.717) is 11.0 Å². The van der Waals surface area contributed by atoms with Crippen LogP contribution in [0.5, 0.6) is 0 Å². The molecule has 0 fully saturated rings. The summed E-state index contributed by atoms with van der Waals surface area (Å²) in [4.78, 5) is 28.7. The molecule has 0 unspecified atom stereocenters. The van der Waals surface area contributed by atoms with Crippen LogP contribution in [-0.4, -0.2) is 25.2 Å². The lowest BCUT2D eigenvalue weighted by molar-refractivity contribution is -0.122. The fraction of sp³-hybridized carbons (Fsp3) is 0.294. The van der Waals surface area contributed by atoms with Crippen LogP contribution in [0.15, 0.2) is 41.6 Å². The maximum Gasteiger partial charge on any atom is 0.293 e. The number of rotatable bonds is 4. The first-order valence-electron chi connectivity index (χ1n) is 7.69. The molecule has 24 heavy (non-hydrogen) atoms. The van der Waals surface area contributed by atoms with Gasteiger partial charge in [0.05, 0.1) is 18.6 Å². The maximum atomic E-state index is 12.4. The van der Waals surface area contributed by atoms with Gasteiger partial charge in [-0.2, -0.15) is 5.10 Å². The number of nitrogens with zero attached hydrogens (tertiary/aromatic N) is 4. The topological polar surface area (TPSA) is 81.8 Å². The van der Waals surface area contributed by atoms with Crippen LogP contribution in [0.25, 0.3) is 11.0 Å². The van der Waals surface area contributed by atoms with Crippen molar-refractivity contribution in [1.82, 2.24) is 24.6 Å². The number of hydrogen-bond acceptors (Lipinski definition) is 4. The van der Waals surface area contributed by atoms with Crippen molar-refractivity contribution >= 4 is 16.9 Å². The molecule has 2 aromatic heterocycles. The fourth-order valence-electron chi connectivity index (χ4n) is 2.58. The van der Waals surface area contributed by atoms with Gasteiger partial charge in [0.15, 0.2) is 0 Å². The molecule has 2 heterocycles. The minimum absolute atomic E-state index is 0.129. The largest absolute Gasteiger partial charge is 0.348 e. The number of benzene rings is 1. The molecule has 0 saturated carbocycles. The van der Waals surface area contributed by atoms with Crippen molar-refractivity contribution in [2.45, 2.75) is 26.4 Å². The Kier molecular flexibility index (Phi) is 4.16. The summed E-state index contributed by atoms with van der Waals surface area (Å²) in [6.45, 7) is 3.79. The highest BCUT2D eigenvalue weighted by Crippen LogP contribution is 2.12. The Morgan fingerprint density at radius 1 is 1.29 bits per heavy atom. The number of carbonyl (C=O) groups excluding carboxylic acids is 1. The van der Waals surface area contributed by atoms with Crippen LogP contribution in [0, 0.1) is 6.92 Å². The number of nitrogens with one attached hydrogen (secondary N) is 1. The highest BCUT2D eigenvalue weighted by molar-refractivity contribution is 5.77. The molecule has 0 saturated heterocycles. The van der Waals surface area contributed by atoms with E-state index in [1.54, 1.807) is 17.9 Å². The number of fused-ring (bicyclic) bond motifs is 1. The molecule has 1 aromatic carbocycles. The second kappa shape index (κ2) is 6.27. The van der Waals surface area contributed by atoms with Crippen LogP contribution in [0.2, 0.25) is 0 Å². The van der Waals surface area contributed by atoms with Crippen LogP contribution in [0.1, 0.15) is 24.1 Å². The molecule has 7 heteroatoms. The third-order valence-corrected chi connectivity index (χ3v) is 3.97. The van der Waals surface area contributed by atoms with Gasteiger partial charge in [0, 0.05) is 7.05 Å². The molecule has 124 valence electrons. The van der Waals surface area contributed by atoms with E-state index in [9.17, 15) is 9.59 Å². The number of carbonyl (C=O) groups is 1. The highest BCUT2D eigenvalue weighted by Gasteiger charge is 2.14. The van der Waals surface area contributed by atoms with Gasteiger partial charge in [0.1, 0.15) is 17.6 Å². The third-order valence-electron chi connectivity index (χ3n) is 3.97. The van der Waals surface area contributed by atoms with E-state index in [4.69, 9.17) is 0 Å². The maximum absolute atomic E-state index is 12.4. The quantitative estimate of drug-likeness (QED) is 0.784. The first-order valence-corrected chi connectivity index (χ1v) is 7.69. The second-order valence-electron chi connectivity index (χ2n) is 5.90. The lowest BCUT2D eigenvalue weighted by Gasteiger charge is -2.15. The summed E-state index contributed by atoms with van der Waals surface area (Å²) in [6.07, 6.45) is 3.05. The molecule has 0 aliphatic rings. The van der Waals surface area contributed by atoms with E-state index in [0.717, 1.165) is 15.8 Å². The van der Waals surface area contributed by atoms with Gasteiger partial charge in [-0.1, -0.05) is 29.8 Å². The van der Waals surface area contributed by atoms with Gasteiger partial charge >= 0.3 is 0 Å². The smallest absolute Gasteiger partial charge is 0.293 e. The van der Waals surface area contributed by atoms with E-state index in [2.05, 4.69) is 15.4 Å². The molecule has 0 bridgehead atoms. The lowest BCUT2D eigenvalue weighted by Crippen LogP contribution is -2.35. The Labute approximate surface area is 138 Å². The minimum Gasteiger partial charge on any atom is -0.348 e. The molecular formula is C17H19N5O2. The predicted molar refractivity (Wildman–Crippen MR) is 90.5 cm³/mol. The summed E-state index contributed by atoms with van der Waals surface area (Å²) in [5.41, 5.74) is 2.80. The standard InChI is InChI=1S/C17H19N5O2/c1-11-4-6-13(7-5-11)12(2)20-15(23)9-22-17(24)16-14(8-19-22)18-10-21(16)3/h4-8,10,12H,9H2,1-3H3,(H,20,23)/t12-/m0/s1. The normalized spacial score (nSPS) is 12.3. The third kappa shape index (κ3) is 3.05. The Balaban J connectivity index is 1.75. The van der Waals surface area contributed by atoms with Gasteiger partial charge in [0.2, 0.25) is 5.91 Å². The van der Waals surface area contributed by atoms with Crippen molar-refractivity contribution in [3.8, 4) is 0 Å². The van der Waals surface area contributed by atoms with Gasteiger partial charge in [0.25, 0.3) is 5.56 Å². The number of amides is 1. The van der Waals surface area contributed by atoms with Crippen molar-refractivity contribution in [2.75, 3.05) is 0 Å². The molecule has 3 aromatic rings. The number of imidazole rings is 1. The summed E-state index contributed by atoms with van der Waals surface area (Å²) < 4.78 is 2.78. The molecular weight excluding hydrogens is 306 g/mol. The average molecular weight is 325 g/mol. The van der Waals surface area contributed by atoms with E-state index in [1.165, 1.54) is 6.20 Å². The van der Waals surface area contributed by atoms with Gasteiger partial charge in [-0.05, 0) is 19.4 Å². The van der Waals surface area contributed by atoms with Crippen molar-refractivity contribution in [3.05, 3.63) is 58.3 Å². The van der Waals surface area contributed by atoms with Crippen molar-refractivity contribution in [1.29, 1.82) is 0 Å². The summed E-state index contributed by atoms with van der Waals surface area (Å²) in [5, 5.41) is 6.91. The molecule has 1 amide bonds. The minimum atomic E-state index is -0.328. The number of hydrogen-bond donors (Lipinski definition) is 1. The van der Waals surface area contributed by atoms with Crippen LogP contribution < -0.4 is 10.9 Å². The molecule has 0 radical (unpaired) electrons. The van der Waals surface area contributed by atoms with E-state index < -0.39 is 0 Å². The zero-order valence-corrected chi connectivity index (χ0v) is 13.9. The zero-order valence-electron chi connectivity index (χ0n) is 13.9. The lowest BCUT2D eigenvalue weighted by atomic mass is 10.1. The average Bonchev–Trinajstić information content (AvgIpc) is 2.92. The molecule has 3 rings (SSSR count). The Hall–Kier alpha value is -2.96. The number of aromatic nitrogens is 4. The molecule has 0 spiro atoms. The summed E-state index contributed by atoms with van der Waals surface area (Å²) in [7, 11) is 1.74. The Bertz CT molecular complexity index is 940. The summed E-state index contributed by atoms with van der Waals surface area (Å²) in [5.74, 6) is -0.265.